The molecule has 24 heavy (non-hydrogen) atoms. The first-order valence-corrected chi connectivity index (χ1v) is 8.87. The van der Waals surface area contributed by atoms with Gasteiger partial charge in [-0.2, -0.15) is 0 Å². The first-order chi connectivity index (χ1) is 11.3. The summed E-state index contributed by atoms with van der Waals surface area (Å²) in [5.74, 6) is -1.50. The average Bonchev–Trinajstić information content (AvgIpc) is 2.53. The molecule has 2 aromatic rings. The highest BCUT2D eigenvalue weighted by atomic mass is 35.5. The Morgan fingerprint density at radius 1 is 1.17 bits per heavy atom. The number of benzene rings is 2. The van der Waals surface area contributed by atoms with Gasteiger partial charge in [0.25, 0.3) is 10.0 Å². The summed E-state index contributed by atoms with van der Waals surface area (Å²) < 4.78 is 27.0. The standard InChI is InChI=1S/C16H13Cl2NO4S/c1-2-9-19(13-6-4-12(17)5-7-13)24(22,23)15-10-11(16(20)21)3-8-14(15)18/h2-8,10H,1,9H2,(H,20,21)/p-1. The van der Waals surface area contributed by atoms with Crippen molar-refractivity contribution in [2.45, 2.75) is 4.90 Å². The van der Waals surface area contributed by atoms with Crippen LogP contribution in [-0.2, 0) is 10.0 Å². The minimum atomic E-state index is -4.12. The Bertz CT molecular complexity index is 879. The van der Waals surface area contributed by atoms with E-state index < -0.39 is 16.0 Å². The van der Waals surface area contributed by atoms with E-state index in [9.17, 15) is 18.3 Å². The number of carboxylic acid groups (broad SMARTS) is 1. The van der Waals surface area contributed by atoms with Gasteiger partial charge in [0, 0.05) is 5.02 Å². The molecule has 2 aromatic carbocycles. The van der Waals surface area contributed by atoms with Gasteiger partial charge in [0.2, 0.25) is 0 Å². The molecule has 0 saturated carbocycles. The summed E-state index contributed by atoms with van der Waals surface area (Å²) in [6, 6.07) is 9.49. The highest BCUT2D eigenvalue weighted by Crippen LogP contribution is 2.30. The Morgan fingerprint density at radius 2 is 1.79 bits per heavy atom. The quantitative estimate of drug-likeness (QED) is 0.717. The van der Waals surface area contributed by atoms with Crippen LogP contribution in [0.5, 0.6) is 0 Å². The second-order valence-corrected chi connectivity index (χ2v) is 7.41. The summed E-state index contributed by atoms with van der Waals surface area (Å²) in [4.78, 5) is 10.7. The molecule has 0 aromatic heterocycles. The monoisotopic (exact) mass is 384 g/mol. The van der Waals surface area contributed by atoms with Crippen molar-refractivity contribution < 1.29 is 18.3 Å². The number of sulfonamides is 1. The lowest BCUT2D eigenvalue weighted by Gasteiger charge is -2.24. The molecule has 0 aliphatic heterocycles. The molecular weight excluding hydrogens is 373 g/mol. The van der Waals surface area contributed by atoms with Gasteiger partial charge in [-0.25, -0.2) is 8.42 Å². The number of carbonyl (C=O) groups is 1. The molecule has 0 N–H and O–H groups in total. The summed E-state index contributed by atoms with van der Waals surface area (Å²) in [5.41, 5.74) is 0.0573. The summed E-state index contributed by atoms with van der Waals surface area (Å²) >= 11 is 11.8. The molecule has 5 nitrogen and oxygen atoms in total. The van der Waals surface area contributed by atoms with E-state index in [0.717, 1.165) is 10.4 Å². The predicted molar refractivity (Wildman–Crippen MR) is 92.0 cm³/mol. The minimum absolute atomic E-state index is 0.0319. The van der Waals surface area contributed by atoms with Crippen LogP contribution in [0.2, 0.25) is 10.0 Å². The van der Waals surface area contributed by atoms with Crippen LogP contribution in [0.4, 0.5) is 5.69 Å². The minimum Gasteiger partial charge on any atom is -0.545 e. The van der Waals surface area contributed by atoms with Crippen LogP contribution in [0.3, 0.4) is 0 Å². The molecule has 0 atom stereocenters. The van der Waals surface area contributed by atoms with Crippen LogP contribution < -0.4 is 9.41 Å². The fourth-order valence-electron chi connectivity index (χ4n) is 2.01. The molecule has 0 spiro atoms. The number of anilines is 1. The van der Waals surface area contributed by atoms with Gasteiger partial charge in [-0.1, -0.05) is 35.3 Å². The van der Waals surface area contributed by atoms with Crippen molar-refractivity contribution in [1.82, 2.24) is 0 Å². The normalized spacial score (nSPS) is 11.1. The number of halogens is 2. The Kier molecular flexibility index (Phi) is 5.54. The number of hydrogen-bond donors (Lipinski definition) is 0. The van der Waals surface area contributed by atoms with Crippen molar-refractivity contribution in [2.24, 2.45) is 0 Å². The van der Waals surface area contributed by atoms with Gasteiger partial charge >= 0.3 is 0 Å². The second-order valence-electron chi connectivity index (χ2n) is 4.73. The summed E-state index contributed by atoms with van der Waals surface area (Å²) in [7, 11) is -4.12. The van der Waals surface area contributed by atoms with E-state index in [4.69, 9.17) is 23.2 Å². The van der Waals surface area contributed by atoms with E-state index in [1.54, 1.807) is 12.1 Å². The smallest absolute Gasteiger partial charge is 0.266 e. The van der Waals surface area contributed by atoms with Gasteiger partial charge in [0.05, 0.1) is 23.2 Å². The van der Waals surface area contributed by atoms with Crippen molar-refractivity contribution >= 4 is 44.9 Å². The highest BCUT2D eigenvalue weighted by Gasteiger charge is 2.27. The maximum Gasteiger partial charge on any atom is 0.266 e. The molecule has 0 fully saturated rings. The first kappa shape index (κ1) is 18.3. The fourth-order valence-corrected chi connectivity index (χ4v) is 4.08. The molecule has 126 valence electrons. The number of rotatable bonds is 6. The molecule has 0 radical (unpaired) electrons. The van der Waals surface area contributed by atoms with Crippen LogP contribution in [0, 0.1) is 0 Å². The van der Waals surface area contributed by atoms with Crippen LogP contribution in [0.15, 0.2) is 60.0 Å². The largest absolute Gasteiger partial charge is 0.545 e. The third kappa shape index (κ3) is 3.72. The fraction of sp³-hybridized carbons (Fsp3) is 0.0625. The second kappa shape index (κ2) is 7.25. The van der Waals surface area contributed by atoms with Crippen molar-refractivity contribution in [1.29, 1.82) is 0 Å². The average molecular weight is 385 g/mol. The van der Waals surface area contributed by atoms with Gasteiger partial charge in [-0.15, -0.1) is 6.58 Å². The van der Waals surface area contributed by atoms with Crippen molar-refractivity contribution in [3.05, 3.63) is 70.7 Å². The lowest BCUT2D eigenvalue weighted by Crippen LogP contribution is -2.32. The zero-order valence-electron chi connectivity index (χ0n) is 12.3. The molecule has 0 aliphatic carbocycles. The molecule has 0 aliphatic rings. The van der Waals surface area contributed by atoms with Crippen LogP contribution >= 0.6 is 23.2 Å². The zero-order valence-corrected chi connectivity index (χ0v) is 14.6. The van der Waals surface area contributed by atoms with Gasteiger partial charge in [-0.05, 0) is 42.0 Å². The first-order valence-electron chi connectivity index (χ1n) is 6.67. The lowest BCUT2D eigenvalue weighted by atomic mass is 10.2. The topological polar surface area (TPSA) is 77.5 Å². The molecule has 0 unspecified atom stereocenters. The highest BCUT2D eigenvalue weighted by molar-refractivity contribution is 7.93. The van der Waals surface area contributed by atoms with E-state index in [0.29, 0.717) is 10.7 Å². The summed E-state index contributed by atoms with van der Waals surface area (Å²) in [5, 5.41) is 11.4. The Hall–Kier alpha value is -2.02. The van der Waals surface area contributed by atoms with E-state index in [1.165, 1.54) is 30.3 Å². The molecule has 8 heteroatoms. The van der Waals surface area contributed by atoms with Crippen LogP contribution in [-0.4, -0.2) is 20.9 Å². The molecular formula is C16H12Cl2NO4S-. The van der Waals surface area contributed by atoms with Crippen LogP contribution in [0.1, 0.15) is 10.4 Å². The predicted octanol–water partition coefficient (Wildman–Crippen LogP) is 2.74. The van der Waals surface area contributed by atoms with Gasteiger partial charge in [0.1, 0.15) is 4.90 Å². The third-order valence-corrected chi connectivity index (χ3v) is 5.67. The molecule has 2 rings (SSSR count). The number of nitrogens with zero attached hydrogens (tertiary/aromatic N) is 1. The number of hydrogen-bond acceptors (Lipinski definition) is 4. The Morgan fingerprint density at radius 3 is 2.33 bits per heavy atom. The lowest BCUT2D eigenvalue weighted by molar-refractivity contribution is -0.255. The SMILES string of the molecule is C=CCN(c1ccc(Cl)cc1)S(=O)(=O)c1cc(C(=O)[O-])ccc1Cl. The number of carboxylic acids is 1. The van der Waals surface area contributed by atoms with E-state index >= 15 is 0 Å². The van der Waals surface area contributed by atoms with Crippen LogP contribution in [0.25, 0.3) is 0 Å². The Balaban J connectivity index is 2.60. The van der Waals surface area contributed by atoms with E-state index in [2.05, 4.69) is 6.58 Å². The number of aromatic carboxylic acids is 1. The summed E-state index contributed by atoms with van der Waals surface area (Å²) in [6.07, 6.45) is 1.41. The van der Waals surface area contributed by atoms with Gasteiger partial charge in [-0.3, -0.25) is 4.31 Å². The van der Waals surface area contributed by atoms with Gasteiger partial charge in [0.15, 0.2) is 0 Å². The molecule has 0 amide bonds. The Labute approximate surface area is 149 Å². The maximum absolute atomic E-state index is 13.0. The molecule has 0 heterocycles. The van der Waals surface area contributed by atoms with Crippen molar-refractivity contribution in [2.75, 3.05) is 10.8 Å². The van der Waals surface area contributed by atoms with E-state index in [-0.39, 0.29) is 22.0 Å². The van der Waals surface area contributed by atoms with E-state index in [1.807, 2.05) is 0 Å². The van der Waals surface area contributed by atoms with Crippen molar-refractivity contribution in [3.63, 3.8) is 0 Å². The zero-order chi connectivity index (χ0) is 17.9. The maximum atomic E-state index is 13.0. The summed E-state index contributed by atoms with van der Waals surface area (Å²) in [6.45, 7) is 3.52. The van der Waals surface area contributed by atoms with Crippen molar-refractivity contribution in [3.8, 4) is 0 Å². The van der Waals surface area contributed by atoms with Gasteiger partial charge < -0.3 is 9.90 Å². The number of carbonyl (C=O) groups excluding carboxylic acids is 1. The molecule has 0 saturated heterocycles. The third-order valence-electron chi connectivity index (χ3n) is 3.14. The molecule has 0 bridgehead atoms.